The van der Waals surface area contributed by atoms with Crippen molar-refractivity contribution in [2.24, 2.45) is 5.92 Å². The highest BCUT2D eigenvalue weighted by Crippen LogP contribution is 2.31. The van der Waals surface area contributed by atoms with Gasteiger partial charge in [0.2, 0.25) is 5.89 Å². The summed E-state index contributed by atoms with van der Waals surface area (Å²) >= 11 is 0. The molecular formula is C32H35NO5. The lowest BCUT2D eigenvalue weighted by Gasteiger charge is -2.32. The summed E-state index contributed by atoms with van der Waals surface area (Å²) in [6, 6.07) is 24.1. The van der Waals surface area contributed by atoms with E-state index in [1.54, 1.807) is 6.92 Å². The number of benzene rings is 3. The Hall–Kier alpha value is -3.48. The number of oxazole rings is 1. The van der Waals surface area contributed by atoms with E-state index in [4.69, 9.17) is 18.9 Å². The highest BCUT2D eigenvalue weighted by atomic mass is 16.5. The monoisotopic (exact) mass is 513 g/mol. The van der Waals surface area contributed by atoms with Crippen LogP contribution in [0.4, 0.5) is 0 Å². The third-order valence-electron chi connectivity index (χ3n) is 7.55. The Bertz CT molecular complexity index is 1380. The molecule has 0 bridgehead atoms. The zero-order chi connectivity index (χ0) is 26.5. The van der Waals surface area contributed by atoms with Gasteiger partial charge >= 0.3 is 5.97 Å². The van der Waals surface area contributed by atoms with Gasteiger partial charge in [-0.2, -0.15) is 0 Å². The van der Waals surface area contributed by atoms with Crippen LogP contribution in [-0.2, 0) is 27.3 Å². The summed E-state index contributed by atoms with van der Waals surface area (Å²) in [5.74, 6) is 0.693. The molecule has 3 atom stereocenters. The predicted octanol–water partition coefficient (Wildman–Crippen LogP) is 6.98. The molecule has 1 heterocycles. The topological polar surface area (TPSA) is 81.8 Å². The molecule has 3 aromatic carbocycles. The van der Waals surface area contributed by atoms with Gasteiger partial charge in [0.15, 0.2) is 5.60 Å². The van der Waals surface area contributed by atoms with Gasteiger partial charge in [-0.1, -0.05) is 67.1 Å². The number of carbonyl (C=O) groups is 1. The average molecular weight is 514 g/mol. The van der Waals surface area contributed by atoms with Crippen molar-refractivity contribution in [3.63, 3.8) is 0 Å². The van der Waals surface area contributed by atoms with Crippen LogP contribution in [0.1, 0.15) is 49.6 Å². The van der Waals surface area contributed by atoms with E-state index in [0.29, 0.717) is 25.5 Å². The summed E-state index contributed by atoms with van der Waals surface area (Å²) in [5.41, 5.74) is 1.46. The Morgan fingerprint density at radius 2 is 1.82 bits per heavy atom. The Kier molecular flexibility index (Phi) is 7.91. The fraction of sp³-hybridized carbons (Fsp3) is 0.375. The van der Waals surface area contributed by atoms with Crippen molar-refractivity contribution in [1.82, 2.24) is 4.98 Å². The van der Waals surface area contributed by atoms with Gasteiger partial charge in [-0.05, 0) is 67.5 Å². The maximum absolute atomic E-state index is 12.1. The standard InChI is InChI=1S/C32H35NO5/c1-22-29(33-30(38-22)27-16-15-25-12-6-7-13-26(25)18-27)21-36-28-14-8-11-24(17-28)20-37-32(2,31(34)35)19-23-9-4-3-5-10-23/h3-7,9-10,12-13,15-16,18,24,28H,8,11,14,17,19-21H2,1-2H3,(H,34,35). The Morgan fingerprint density at radius 3 is 2.61 bits per heavy atom. The molecule has 198 valence electrons. The van der Waals surface area contributed by atoms with Crippen LogP contribution in [0, 0.1) is 12.8 Å². The second-order valence-corrected chi connectivity index (χ2v) is 10.6. The van der Waals surface area contributed by atoms with Gasteiger partial charge in [0, 0.05) is 12.0 Å². The van der Waals surface area contributed by atoms with Crippen molar-refractivity contribution in [2.75, 3.05) is 6.61 Å². The number of fused-ring (bicyclic) bond motifs is 1. The molecule has 0 radical (unpaired) electrons. The minimum atomic E-state index is -1.26. The van der Waals surface area contributed by atoms with E-state index in [1.165, 1.54) is 5.39 Å². The summed E-state index contributed by atoms with van der Waals surface area (Å²) in [4.78, 5) is 16.8. The van der Waals surface area contributed by atoms with Crippen LogP contribution in [0.3, 0.4) is 0 Å². The van der Waals surface area contributed by atoms with Crippen molar-refractivity contribution in [3.05, 3.63) is 89.8 Å². The Labute approximate surface area is 223 Å². The van der Waals surface area contributed by atoms with Crippen LogP contribution in [0.25, 0.3) is 22.2 Å². The lowest BCUT2D eigenvalue weighted by atomic mass is 9.87. The Morgan fingerprint density at radius 1 is 1.05 bits per heavy atom. The van der Waals surface area contributed by atoms with E-state index in [0.717, 1.165) is 53.7 Å². The van der Waals surface area contributed by atoms with Gasteiger partial charge in [0.1, 0.15) is 11.5 Å². The molecule has 4 aromatic rings. The van der Waals surface area contributed by atoms with Gasteiger partial charge < -0.3 is 19.0 Å². The molecule has 1 aromatic heterocycles. The van der Waals surface area contributed by atoms with Crippen LogP contribution >= 0.6 is 0 Å². The molecular weight excluding hydrogens is 478 g/mol. The number of nitrogens with zero attached hydrogens (tertiary/aromatic N) is 1. The summed E-state index contributed by atoms with van der Waals surface area (Å²) in [7, 11) is 0. The van der Waals surface area contributed by atoms with E-state index in [9.17, 15) is 9.90 Å². The number of aliphatic carboxylic acids is 1. The third-order valence-corrected chi connectivity index (χ3v) is 7.55. The molecule has 6 heteroatoms. The molecule has 1 fully saturated rings. The molecule has 1 aliphatic carbocycles. The van der Waals surface area contributed by atoms with E-state index in [-0.39, 0.29) is 12.0 Å². The highest BCUT2D eigenvalue weighted by molar-refractivity contribution is 5.86. The van der Waals surface area contributed by atoms with Gasteiger partial charge in [0.25, 0.3) is 0 Å². The molecule has 0 spiro atoms. The number of ether oxygens (including phenoxy) is 2. The molecule has 1 saturated carbocycles. The number of carboxylic acids is 1. The fourth-order valence-corrected chi connectivity index (χ4v) is 5.22. The first-order valence-electron chi connectivity index (χ1n) is 13.4. The van der Waals surface area contributed by atoms with Crippen molar-refractivity contribution < 1.29 is 23.8 Å². The van der Waals surface area contributed by atoms with E-state index in [2.05, 4.69) is 24.3 Å². The summed E-state index contributed by atoms with van der Waals surface area (Å²) in [6.45, 7) is 4.39. The normalized spacial score (nSPS) is 19.3. The van der Waals surface area contributed by atoms with Crippen molar-refractivity contribution in [3.8, 4) is 11.5 Å². The van der Waals surface area contributed by atoms with Crippen LogP contribution in [0.2, 0.25) is 0 Å². The highest BCUT2D eigenvalue weighted by Gasteiger charge is 2.36. The van der Waals surface area contributed by atoms with Crippen LogP contribution < -0.4 is 0 Å². The largest absolute Gasteiger partial charge is 0.479 e. The van der Waals surface area contributed by atoms with Crippen molar-refractivity contribution >= 4 is 16.7 Å². The van der Waals surface area contributed by atoms with Gasteiger partial charge in [0.05, 0.1) is 19.3 Å². The molecule has 3 unspecified atom stereocenters. The zero-order valence-electron chi connectivity index (χ0n) is 22.1. The molecule has 0 saturated heterocycles. The second-order valence-electron chi connectivity index (χ2n) is 10.6. The van der Waals surface area contributed by atoms with E-state index in [1.807, 2.05) is 55.5 Å². The number of hydrogen-bond acceptors (Lipinski definition) is 5. The first kappa shape index (κ1) is 26.1. The van der Waals surface area contributed by atoms with Crippen LogP contribution in [0.15, 0.2) is 77.2 Å². The smallest absolute Gasteiger partial charge is 0.336 e. The molecule has 1 aliphatic rings. The first-order valence-corrected chi connectivity index (χ1v) is 13.4. The number of aromatic nitrogens is 1. The lowest BCUT2D eigenvalue weighted by Crippen LogP contribution is -2.42. The third kappa shape index (κ3) is 6.14. The SMILES string of the molecule is Cc1oc(-c2ccc3ccccc3c2)nc1COC1CCCC(COC(C)(Cc2ccccc2)C(=O)O)C1. The Balaban J connectivity index is 1.17. The van der Waals surface area contributed by atoms with Gasteiger partial charge in [-0.3, -0.25) is 0 Å². The maximum Gasteiger partial charge on any atom is 0.336 e. The number of hydrogen-bond donors (Lipinski definition) is 1. The van der Waals surface area contributed by atoms with E-state index < -0.39 is 11.6 Å². The quantitative estimate of drug-likeness (QED) is 0.246. The maximum atomic E-state index is 12.1. The summed E-state index contributed by atoms with van der Waals surface area (Å²) < 4.78 is 18.3. The number of aryl methyl sites for hydroxylation is 1. The van der Waals surface area contributed by atoms with Crippen molar-refractivity contribution in [1.29, 1.82) is 0 Å². The van der Waals surface area contributed by atoms with Crippen LogP contribution in [0.5, 0.6) is 0 Å². The van der Waals surface area contributed by atoms with Gasteiger partial charge in [-0.25, -0.2) is 9.78 Å². The average Bonchev–Trinajstić information content (AvgIpc) is 3.31. The fourth-order valence-electron chi connectivity index (χ4n) is 5.22. The minimum absolute atomic E-state index is 0.0859. The summed E-state index contributed by atoms with van der Waals surface area (Å²) in [6.07, 6.45) is 4.28. The van der Waals surface area contributed by atoms with Crippen molar-refractivity contribution in [2.45, 2.75) is 64.3 Å². The van der Waals surface area contributed by atoms with Crippen LogP contribution in [-0.4, -0.2) is 34.4 Å². The molecule has 5 rings (SSSR count). The number of rotatable bonds is 10. The molecule has 38 heavy (non-hydrogen) atoms. The first-order chi connectivity index (χ1) is 18.4. The zero-order valence-corrected chi connectivity index (χ0v) is 22.1. The predicted molar refractivity (Wildman–Crippen MR) is 147 cm³/mol. The van der Waals surface area contributed by atoms with E-state index >= 15 is 0 Å². The molecule has 0 aliphatic heterocycles. The second kappa shape index (κ2) is 11.5. The lowest BCUT2D eigenvalue weighted by molar-refractivity contribution is -0.166. The van der Waals surface area contributed by atoms with Gasteiger partial charge in [-0.15, -0.1) is 0 Å². The molecule has 0 amide bonds. The number of carboxylic acid groups (broad SMARTS) is 1. The molecule has 1 N–H and O–H groups in total. The minimum Gasteiger partial charge on any atom is -0.479 e. The summed E-state index contributed by atoms with van der Waals surface area (Å²) in [5, 5.41) is 12.2. The molecule has 6 nitrogen and oxygen atoms in total.